The summed E-state index contributed by atoms with van der Waals surface area (Å²) in [4.78, 5) is 8.73. The normalized spacial score (nSPS) is 18.0. The summed E-state index contributed by atoms with van der Waals surface area (Å²) in [6.07, 6.45) is 1.32. The van der Waals surface area contributed by atoms with Crippen LogP contribution in [-0.2, 0) is 6.42 Å². The maximum absolute atomic E-state index is 8.71. The van der Waals surface area contributed by atoms with Gasteiger partial charge in [0.1, 0.15) is 0 Å². The lowest BCUT2D eigenvalue weighted by Crippen LogP contribution is -2.44. The Morgan fingerprint density at radius 3 is 2.75 bits per heavy atom. The summed E-state index contributed by atoms with van der Waals surface area (Å²) >= 11 is 0. The monoisotopic (exact) mass is 226 g/mol. The van der Waals surface area contributed by atoms with Crippen LogP contribution in [0.15, 0.2) is 4.52 Å². The maximum atomic E-state index is 8.71. The third-order valence-corrected chi connectivity index (χ3v) is 2.79. The molecule has 0 saturated carbocycles. The Hall–Kier alpha value is -1.14. The van der Waals surface area contributed by atoms with E-state index in [1.165, 1.54) is 0 Å². The minimum atomic E-state index is 0.159. The van der Waals surface area contributed by atoms with Gasteiger partial charge in [-0.1, -0.05) is 0 Å². The number of hydrogen-bond acceptors (Lipinski definition) is 6. The molecule has 0 bridgehead atoms. The van der Waals surface area contributed by atoms with Gasteiger partial charge in [0, 0.05) is 39.2 Å². The first-order chi connectivity index (χ1) is 7.79. The predicted octanol–water partition coefficient (Wildman–Crippen LogP) is -0.254. The van der Waals surface area contributed by atoms with Gasteiger partial charge in [0.05, 0.1) is 0 Å². The molecule has 1 fully saturated rings. The summed E-state index contributed by atoms with van der Waals surface area (Å²) in [6.45, 7) is 4.10. The summed E-state index contributed by atoms with van der Waals surface area (Å²) in [5, 5.41) is 12.7. The molecule has 2 rings (SSSR count). The summed E-state index contributed by atoms with van der Waals surface area (Å²) in [7, 11) is 2.11. The topological polar surface area (TPSA) is 65.6 Å². The first-order valence-electron chi connectivity index (χ1n) is 5.66. The molecule has 0 unspecified atom stereocenters. The number of piperazine rings is 1. The zero-order valence-corrected chi connectivity index (χ0v) is 9.59. The highest BCUT2D eigenvalue weighted by Gasteiger charge is 2.18. The van der Waals surface area contributed by atoms with E-state index < -0.39 is 0 Å². The van der Waals surface area contributed by atoms with Crippen molar-refractivity contribution in [1.82, 2.24) is 15.0 Å². The quantitative estimate of drug-likeness (QED) is 0.763. The van der Waals surface area contributed by atoms with Gasteiger partial charge in [-0.15, -0.1) is 0 Å². The Kier molecular flexibility index (Phi) is 3.74. The SMILES string of the molecule is CN1CCN(c2noc(CCCO)n2)CC1. The molecular weight excluding hydrogens is 208 g/mol. The zero-order chi connectivity index (χ0) is 11.4. The first kappa shape index (κ1) is 11.3. The van der Waals surface area contributed by atoms with Crippen molar-refractivity contribution in [1.29, 1.82) is 0 Å². The molecule has 90 valence electrons. The van der Waals surface area contributed by atoms with E-state index in [1.807, 2.05) is 0 Å². The van der Waals surface area contributed by atoms with E-state index in [9.17, 15) is 0 Å². The van der Waals surface area contributed by atoms with Crippen LogP contribution in [0.3, 0.4) is 0 Å². The highest BCUT2D eigenvalue weighted by molar-refractivity contribution is 5.28. The maximum Gasteiger partial charge on any atom is 0.266 e. The summed E-state index contributed by atoms with van der Waals surface area (Å²) < 4.78 is 5.12. The van der Waals surface area contributed by atoms with Crippen LogP contribution < -0.4 is 4.90 Å². The van der Waals surface area contributed by atoms with Crippen molar-refractivity contribution in [2.24, 2.45) is 0 Å². The van der Waals surface area contributed by atoms with Gasteiger partial charge < -0.3 is 19.4 Å². The summed E-state index contributed by atoms with van der Waals surface area (Å²) in [5.74, 6) is 1.30. The van der Waals surface area contributed by atoms with Crippen LogP contribution >= 0.6 is 0 Å². The molecule has 1 saturated heterocycles. The second-order valence-electron chi connectivity index (χ2n) is 4.11. The van der Waals surface area contributed by atoms with E-state index in [0.29, 0.717) is 24.7 Å². The van der Waals surface area contributed by atoms with Crippen molar-refractivity contribution in [2.75, 3.05) is 44.7 Å². The minimum Gasteiger partial charge on any atom is -0.396 e. The Labute approximate surface area is 94.8 Å². The molecule has 16 heavy (non-hydrogen) atoms. The molecule has 1 aromatic rings. The molecule has 0 amide bonds. The second-order valence-corrected chi connectivity index (χ2v) is 4.11. The van der Waals surface area contributed by atoms with Crippen molar-refractivity contribution in [3.05, 3.63) is 5.89 Å². The summed E-state index contributed by atoms with van der Waals surface area (Å²) in [5.41, 5.74) is 0. The predicted molar refractivity (Wildman–Crippen MR) is 59.4 cm³/mol. The van der Waals surface area contributed by atoms with Crippen molar-refractivity contribution in [3.8, 4) is 0 Å². The lowest BCUT2D eigenvalue weighted by atomic mass is 10.3. The molecule has 6 heteroatoms. The second kappa shape index (κ2) is 5.27. The lowest BCUT2D eigenvalue weighted by molar-refractivity contribution is 0.278. The molecule has 1 aliphatic rings. The van der Waals surface area contributed by atoms with Crippen molar-refractivity contribution in [3.63, 3.8) is 0 Å². The Bertz CT molecular complexity index is 320. The van der Waals surface area contributed by atoms with Gasteiger partial charge in [0.25, 0.3) is 5.95 Å². The van der Waals surface area contributed by atoms with Gasteiger partial charge in [-0.25, -0.2) is 0 Å². The average Bonchev–Trinajstić information content (AvgIpc) is 2.76. The minimum absolute atomic E-state index is 0.159. The van der Waals surface area contributed by atoms with Crippen LogP contribution in [0.4, 0.5) is 5.95 Å². The van der Waals surface area contributed by atoms with Crippen molar-refractivity contribution < 1.29 is 9.63 Å². The van der Waals surface area contributed by atoms with Crippen LogP contribution in [0.1, 0.15) is 12.3 Å². The van der Waals surface area contributed by atoms with Gasteiger partial charge in [-0.2, -0.15) is 4.98 Å². The first-order valence-corrected chi connectivity index (χ1v) is 5.66. The highest BCUT2D eigenvalue weighted by atomic mass is 16.5. The largest absolute Gasteiger partial charge is 0.396 e. The number of rotatable bonds is 4. The molecule has 6 nitrogen and oxygen atoms in total. The number of aliphatic hydroxyl groups is 1. The van der Waals surface area contributed by atoms with Crippen molar-refractivity contribution in [2.45, 2.75) is 12.8 Å². The molecule has 0 spiro atoms. The van der Waals surface area contributed by atoms with E-state index in [2.05, 4.69) is 27.0 Å². The van der Waals surface area contributed by atoms with E-state index in [4.69, 9.17) is 9.63 Å². The fraction of sp³-hybridized carbons (Fsp3) is 0.800. The molecule has 1 aromatic heterocycles. The molecule has 0 aliphatic carbocycles. The molecule has 0 atom stereocenters. The fourth-order valence-corrected chi connectivity index (χ4v) is 1.71. The van der Waals surface area contributed by atoms with E-state index >= 15 is 0 Å². The molecular formula is C10H18N4O2. The Balaban J connectivity index is 1.91. The fourth-order valence-electron chi connectivity index (χ4n) is 1.71. The van der Waals surface area contributed by atoms with Crippen molar-refractivity contribution >= 4 is 5.95 Å². The lowest BCUT2D eigenvalue weighted by Gasteiger charge is -2.31. The number of likely N-dealkylation sites (N-methyl/N-ethyl adjacent to an activating group) is 1. The number of aromatic nitrogens is 2. The van der Waals surface area contributed by atoms with Gasteiger partial charge >= 0.3 is 0 Å². The van der Waals surface area contributed by atoms with Gasteiger partial charge in [0.15, 0.2) is 0 Å². The van der Waals surface area contributed by atoms with Gasteiger partial charge in [-0.05, 0) is 18.6 Å². The van der Waals surface area contributed by atoms with Crippen LogP contribution in [0.2, 0.25) is 0 Å². The van der Waals surface area contributed by atoms with Crippen LogP contribution in [0, 0.1) is 0 Å². The third kappa shape index (κ3) is 2.70. The number of aliphatic hydroxyl groups excluding tert-OH is 1. The number of nitrogens with zero attached hydrogens (tertiary/aromatic N) is 4. The van der Waals surface area contributed by atoms with Crippen LogP contribution in [0.25, 0.3) is 0 Å². The Morgan fingerprint density at radius 1 is 1.31 bits per heavy atom. The molecule has 2 heterocycles. The van der Waals surface area contributed by atoms with E-state index in [0.717, 1.165) is 26.2 Å². The van der Waals surface area contributed by atoms with E-state index in [1.54, 1.807) is 0 Å². The average molecular weight is 226 g/mol. The highest BCUT2D eigenvalue weighted by Crippen LogP contribution is 2.12. The third-order valence-electron chi connectivity index (χ3n) is 2.79. The number of aryl methyl sites for hydroxylation is 1. The van der Waals surface area contributed by atoms with E-state index in [-0.39, 0.29) is 6.61 Å². The molecule has 1 aliphatic heterocycles. The van der Waals surface area contributed by atoms with Gasteiger partial charge in [-0.3, -0.25) is 0 Å². The smallest absolute Gasteiger partial charge is 0.266 e. The zero-order valence-electron chi connectivity index (χ0n) is 9.59. The standard InChI is InChI=1S/C10H18N4O2/c1-13-4-6-14(7-5-13)10-11-9(16-12-10)3-2-8-15/h15H,2-8H2,1H3. The molecule has 0 radical (unpaired) electrons. The van der Waals surface area contributed by atoms with Crippen LogP contribution in [0.5, 0.6) is 0 Å². The number of anilines is 1. The Morgan fingerprint density at radius 2 is 2.06 bits per heavy atom. The van der Waals surface area contributed by atoms with Crippen LogP contribution in [-0.4, -0.2) is 60.0 Å². The summed E-state index contributed by atoms with van der Waals surface area (Å²) in [6, 6.07) is 0. The molecule has 0 aromatic carbocycles. The number of hydrogen-bond donors (Lipinski definition) is 1. The van der Waals surface area contributed by atoms with Gasteiger partial charge in [0.2, 0.25) is 5.89 Å². The molecule has 1 N–H and O–H groups in total.